The van der Waals surface area contributed by atoms with Crippen molar-refractivity contribution < 1.29 is 4.79 Å². The Morgan fingerprint density at radius 2 is 1.46 bits per heavy atom. The molecular formula is C12H19B9ClNO. The number of ketones is 1. The van der Waals surface area contributed by atoms with Gasteiger partial charge in [-0.1, -0.05) is 27.7 Å². The molecule has 0 spiro atoms. The van der Waals surface area contributed by atoms with E-state index in [1.165, 1.54) is 16.4 Å². The van der Waals surface area contributed by atoms with Crippen molar-refractivity contribution in [2.24, 2.45) is 5.73 Å². The first kappa shape index (κ1) is 18.3. The maximum Gasteiger partial charge on any atom is 0.283 e. The standard InChI is InChI=1S/C12H19B9ClNO/c13-2-1-10(18,19)12(20)11(23,9(2)24)3-4(14)5(15)6(16)7(17)8(3)21(12)22/h1H,13-20,23H2. The first-order valence-corrected chi connectivity index (χ1v) is 9.05. The van der Waals surface area contributed by atoms with Crippen LogP contribution in [-0.2, 0) is 10.3 Å². The molecule has 0 bridgehead atoms. The molecular weight excluding hydrogens is 307 g/mol. The SMILES string of the molecule is BC1=CC(B)(B)C2(B)B(Cl)c3c(B)c(B)c(B)c(B)c3C2(N)C1=O. The van der Waals surface area contributed by atoms with Crippen molar-refractivity contribution in [1.82, 2.24) is 0 Å². The molecule has 12 heteroatoms. The van der Waals surface area contributed by atoms with Crippen molar-refractivity contribution in [1.29, 1.82) is 0 Å². The first-order chi connectivity index (χ1) is 10.8. The van der Waals surface area contributed by atoms with Crippen molar-refractivity contribution in [3.05, 3.63) is 17.1 Å². The third kappa shape index (κ3) is 1.71. The van der Waals surface area contributed by atoms with Crippen LogP contribution in [0.3, 0.4) is 0 Å². The zero-order chi connectivity index (χ0) is 18.4. The number of carbonyl (C=O) groups is 1. The molecule has 2 unspecified atom stereocenters. The second kappa shape index (κ2) is 5.01. The van der Waals surface area contributed by atoms with E-state index in [1.807, 2.05) is 7.85 Å². The maximum atomic E-state index is 13.3. The molecule has 0 aromatic heterocycles. The van der Waals surface area contributed by atoms with Gasteiger partial charge in [-0.25, -0.2) is 0 Å². The van der Waals surface area contributed by atoms with Crippen LogP contribution in [0.2, 0.25) is 10.4 Å². The Bertz CT molecular complexity index is 841. The first-order valence-electron chi connectivity index (χ1n) is 8.62. The number of benzene rings is 1. The molecule has 24 heavy (non-hydrogen) atoms. The highest BCUT2D eigenvalue weighted by Gasteiger charge is 2.69. The number of hydrogen-bond acceptors (Lipinski definition) is 2. The van der Waals surface area contributed by atoms with Crippen LogP contribution < -0.4 is 33.0 Å². The van der Waals surface area contributed by atoms with E-state index in [0.29, 0.717) is 0 Å². The predicted molar refractivity (Wildman–Crippen MR) is 129 cm³/mol. The van der Waals surface area contributed by atoms with Gasteiger partial charge in [0.25, 0.3) is 6.13 Å². The summed E-state index contributed by atoms with van der Waals surface area (Å²) < 4.78 is 0. The molecule has 0 saturated heterocycles. The van der Waals surface area contributed by atoms with E-state index in [1.54, 1.807) is 0 Å². The van der Waals surface area contributed by atoms with Crippen LogP contribution in [0.1, 0.15) is 5.56 Å². The van der Waals surface area contributed by atoms with Crippen molar-refractivity contribution in [2.75, 3.05) is 0 Å². The lowest BCUT2D eigenvalue weighted by molar-refractivity contribution is -0.121. The van der Waals surface area contributed by atoms with Crippen LogP contribution in [0.25, 0.3) is 0 Å². The molecule has 2 atom stereocenters. The molecule has 1 heterocycles. The average Bonchev–Trinajstić information content (AvgIpc) is 2.69. The lowest BCUT2D eigenvalue weighted by Crippen LogP contribution is -2.64. The van der Waals surface area contributed by atoms with Crippen LogP contribution in [-0.4, -0.2) is 74.7 Å². The van der Waals surface area contributed by atoms with Gasteiger partial charge in [-0.3, -0.25) is 4.79 Å². The van der Waals surface area contributed by atoms with Crippen LogP contribution in [0.4, 0.5) is 0 Å². The molecule has 0 radical (unpaired) electrons. The summed E-state index contributed by atoms with van der Waals surface area (Å²) in [6, 6.07) is 0. The summed E-state index contributed by atoms with van der Waals surface area (Å²) in [5.41, 5.74) is 13.5. The second-order valence-electron chi connectivity index (χ2n) is 8.54. The summed E-state index contributed by atoms with van der Waals surface area (Å²) in [5, 5.41) is -0.859. The van der Waals surface area contributed by atoms with Crippen molar-refractivity contribution in [3.63, 3.8) is 0 Å². The van der Waals surface area contributed by atoms with Gasteiger partial charge in [0.1, 0.15) is 62.8 Å². The molecule has 112 valence electrons. The summed E-state index contributed by atoms with van der Waals surface area (Å²) in [4.78, 5) is 13.3. The van der Waals surface area contributed by atoms with Gasteiger partial charge in [0.05, 0.1) is 5.54 Å². The van der Waals surface area contributed by atoms with Gasteiger partial charge in [0, 0.05) is 0 Å². The molecule has 2 N–H and O–H groups in total. The summed E-state index contributed by atoms with van der Waals surface area (Å²) in [6.07, 6.45) is 1.77. The number of carbonyl (C=O) groups excluding carboxylic acids is 1. The summed E-state index contributed by atoms with van der Waals surface area (Å²) in [7, 11) is 16.7. The molecule has 0 saturated carbocycles. The van der Waals surface area contributed by atoms with E-state index < -0.39 is 10.8 Å². The lowest BCUT2D eigenvalue weighted by Gasteiger charge is -2.55. The third-order valence-electron chi connectivity index (χ3n) is 7.34. The van der Waals surface area contributed by atoms with Gasteiger partial charge in [-0.15, -0.1) is 10.9 Å². The predicted octanol–water partition coefficient (Wildman–Crippen LogP) is -9.86. The molecule has 0 amide bonds. The van der Waals surface area contributed by atoms with Gasteiger partial charge >= 0.3 is 0 Å². The minimum Gasteiger partial charge on any atom is -0.316 e. The van der Waals surface area contributed by atoms with Gasteiger partial charge in [0.15, 0.2) is 5.78 Å². The Kier molecular flexibility index (Phi) is 3.81. The van der Waals surface area contributed by atoms with E-state index in [9.17, 15) is 4.79 Å². The molecule has 1 aliphatic carbocycles. The van der Waals surface area contributed by atoms with Crippen LogP contribution in [0, 0.1) is 0 Å². The quantitative estimate of drug-likeness (QED) is 0.481. The average molecular weight is 326 g/mol. The molecule has 1 aromatic carbocycles. The van der Waals surface area contributed by atoms with Crippen molar-refractivity contribution in [3.8, 4) is 0 Å². The van der Waals surface area contributed by atoms with Gasteiger partial charge in [-0.2, -0.15) is 11.5 Å². The summed E-state index contributed by atoms with van der Waals surface area (Å²) >= 11 is 7.08. The fourth-order valence-electron chi connectivity index (χ4n) is 5.17. The smallest absolute Gasteiger partial charge is 0.283 e. The van der Waals surface area contributed by atoms with E-state index in [4.69, 9.17) is 17.2 Å². The van der Waals surface area contributed by atoms with Crippen LogP contribution in [0.5, 0.6) is 0 Å². The largest absolute Gasteiger partial charge is 0.316 e. The Morgan fingerprint density at radius 1 is 0.958 bits per heavy atom. The van der Waals surface area contributed by atoms with Crippen LogP contribution >= 0.6 is 11.5 Å². The van der Waals surface area contributed by atoms with Gasteiger partial charge in [-0.05, 0) is 16.2 Å². The topological polar surface area (TPSA) is 43.1 Å². The maximum absolute atomic E-state index is 13.3. The van der Waals surface area contributed by atoms with Crippen molar-refractivity contribution in [2.45, 2.75) is 16.0 Å². The number of hydrogen-bond donors (Lipinski definition) is 1. The highest BCUT2D eigenvalue weighted by atomic mass is 35.5. The van der Waals surface area contributed by atoms with Crippen LogP contribution in [0.15, 0.2) is 11.5 Å². The number of nitrogens with two attached hydrogens (primary N) is 1. The Labute approximate surface area is 157 Å². The molecule has 3 rings (SSSR count). The molecule has 0 fully saturated rings. The van der Waals surface area contributed by atoms with E-state index in [2.05, 4.69) is 61.0 Å². The molecule has 1 aliphatic heterocycles. The highest BCUT2D eigenvalue weighted by Crippen LogP contribution is 2.64. The van der Waals surface area contributed by atoms with E-state index in [-0.39, 0.29) is 17.1 Å². The number of fused-ring (bicyclic) bond motifs is 3. The Hall–Kier alpha value is -0.536. The normalized spacial score (nSPS) is 30.7. The monoisotopic (exact) mass is 327 g/mol. The fourth-order valence-corrected chi connectivity index (χ4v) is 5.89. The molecule has 1 aromatic rings. The third-order valence-corrected chi connectivity index (χ3v) is 8.00. The fraction of sp³-hybridized carbons (Fsp3) is 0.250. The molecule has 2 aliphatic rings. The molecule has 2 nitrogen and oxygen atoms in total. The summed E-state index contributed by atoms with van der Waals surface area (Å²) in [5.74, 6) is 0.0134. The zero-order valence-corrected chi connectivity index (χ0v) is 16.8. The number of rotatable bonds is 0. The number of allylic oxidation sites excluding steroid dienone is 1. The lowest BCUT2D eigenvalue weighted by atomic mass is 9.19. The highest BCUT2D eigenvalue weighted by molar-refractivity contribution is 7.21. The van der Waals surface area contributed by atoms with E-state index >= 15 is 0 Å². The van der Waals surface area contributed by atoms with Crippen molar-refractivity contribution >= 4 is 113 Å². The zero-order valence-electron chi connectivity index (χ0n) is 16.0. The summed E-state index contributed by atoms with van der Waals surface area (Å²) in [6.45, 7) is 0. The van der Waals surface area contributed by atoms with Gasteiger partial charge in [0.2, 0.25) is 0 Å². The minimum absolute atomic E-state index is 0.0134. The Morgan fingerprint density at radius 3 is 2.00 bits per heavy atom. The van der Waals surface area contributed by atoms with Gasteiger partial charge < -0.3 is 5.73 Å². The minimum atomic E-state index is -1.08. The van der Waals surface area contributed by atoms with E-state index in [0.717, 1.165) is 22.0 Å². The second-order valence-corrected chi connectivity index (χ2v) is 8.98. The number of halogens is 1. The number of Topliss-reactive ketones (excluding diaryl/α,β-unsaturated/α-hetero) is 1. The Balaban J connectivity index is 2.54.